The Kier molecular flexibility index (Phi) is 5.86. The Morgan fingerprint density at radius 3 is 2.15 bits per heavy atom. The maximum Gasteiger partial charge on any atom is 0.235 e. The number of rotatable bonds is 7. The van der Waals surface area contributed by atoms with Gasteiger partial charge in [0.05, 0.1) is 23.9 Å². The van der Waals surface area contributed by atoms with Crippen LogP contribution in [0, 0.1) is 12.3 Å². The van der Waals surface area contributed by atoms with Crippen LogP contribution in [0.15, 0.2) is 78.9 Å². The first-order valence-electron chi connectivity index (χ1n) is 10.1. The number of anilines is 1. The standard InChI is InChI=1S/C26H20N2O4S/c1-3-17-28(33(2,31)32)26-22(18-11-6-4-7-12-18)20-15-10-16-21(23(20)27-26)25(30)24(29)19-13-8-5-9-14-19/h1,4-16,27H,17H2,2H3. The molecule has 0 saturated carbocycles. The van der Waals surface area contributed by atoms with Crippen molar-refractivity contribution in [2.75, 3.05) is 17.1 Å². The topological polar surface area (TPSA) is 87.3 Å². The van der Waals surface area contributed by atoms with Gasteiger partial charge in [-0.15, -0.1) is 6.42 Å². The number of fused-ring (bicyclic) bond motifs is 1. The van der Waals surface area contributed by atoms with Crippen LogP contribution in [0.3, 0.4) is 0 Å². The molecule has 4 aromatic rings. The van der Waals surface area contributed by atoms with Crippen LogP contribution in [0.5, 0.6) is 0 Å². The van der Waals surface area contributed by atoms with Crippen LogP contribution in [0.1, 0.15) is 20.7 Å². The van der Waals surface area contributed by atoms with E-state index in [0.717, 1.165) is 16.1 Å². The molecule has 0 atom stereocenters. The predicted octanol–water partition coefficient (Wildman–Crippen LogP) is 4.30. The van der Waals surface area contributed by atoms with Gasteiger partial charge in [0.25, 0.3) is 0 Å². The van der Waals surface area contributed by atoms with E-state index in [-0.39, 0.29) is 23.5 Å². The van der Waals surface area contributed by atoms with Gasteiger partial charge in [-0.1, -0.05) is 78.7 Å². The second-order valence-corrected chi connectivity index (χ2v) is 9.35. The molecule has 0 unspecified atom stereocenters. The molecule has 0 fully saturated rings. The summed E-state index contributed by atoms with van der Waals surface area (Å²) in [5.41, 5.74) is 2.11. The number of ketones is 2. The van der Waals surface area contributed by atoms with Crippen molar-refractivity contribution in [1.29, 1.82) is 0 Å². The molecule has 33 heavy (non-hydrogen) atoms. The molecule has 6 nitrogen and oxygen atoms in total. The van der Waals surface area contributed by atoms with Gasteiger partial charge in [-0.2, -0.15) is 0 Å². The van der Waals surface area contributed by atoms with Crippen molar-refractivity contribution in [3.63, 3.8) is 0 Å². The second kappa shape index (κ2) is 8.77. The lowest BCUT2D eigenvalue weighted by Crippen LogP contribution is -2.30. The molecule has 0 aliphatic heterocycles. The van der Waals surface area contributed by atoms with E-state index in [1.54, 1.807) is 48.5 Å². The number of terminal acetylenes is 1. The van der Waals surface area contributed by atoms with Crippen LogP contribution in [-0.4, -0.2) is 37.8 Å². The number of H-pyrrole nitrogens is 1. The third-order valence-electron chi connectivity index (χ3n) is 5.25. The van der Waals surface area contributed by atoms with Crippen LogP contribution in [0.2, 0.25) is 0 Å². The van der Waals surface area contributed by atoms with E-state index in [0.29, 0.717) is 16.5 Å². The van der Waals surface area contributed by atoms with Gasteiger partial charge in [0, 0.05) is 16.5 Å². The lowest BCUT2D eigenvalue weighted by atomic mass is 9.97. The van der Waals surface area contributed by atoms with Gasteiger partial charge >= 0.3 is 0 Å². The van der Waals surface area contributed by atoms with E-state index in [2.05, 4.69) is 10.9 Å². The minimum Gasteiger partial charge on any atom is -0.339 e. The quantitative estimate of drug-likeness (QED) is 0.255. The molecule has 0 spiro atoms. The average Bonchev–Trinajstić information content (AvgIpc) is 3.21. The van der Waals surface area contributed by atoms with Crippen LogP contribution < -0.4 is 4.31 Å². The fourth-order valence-electron chi connectivity index (χ4n) is 3.77. The zero-order valence-electron chi connectivity index (χ0n) is 17.8. The summed E-state index contributed by atoms with van der Waals surface area (Å²) in [6.07, 6.45) is 6.53. The molecule has 3 aromatic carbocycles. The molecule has 0 bridgehead atoms. The fourth-order valence-corrected chi connectivity index (χ4v) is 4.54. The molecule has 4 rings (SSSR count). The van der Waals surface area contributed by atoms with Gasteiger partial charge in [0.1, 0.15) is 5.82 Å². The van der Waals surface area contributed by atoms with Crippen molar-refractivity contribution in [3.05, 3.63) is 90.0 Å². The summed E-state index contributed by atoms with van der Waals surface area (Å²) in [4.78, 5) is 29.1. The summed E-state index contributed by atoms with van der Waals surface area (Å²) >= 11 is 0. The first kappa shape index (κ1) is 22.1. The summed E-state index contributed by atoms with van der Waals surface area (Å²) in [5, 5.41) is 0.605. The Bertz CT molecular complexity index is 1500. The molecule has 0 aliphatic rings. The van der Waals surface area contributed by atoms with Crippen molar-refractivity contribution in [2.45, 2.75) is 0 Å². The van der Waals surface area contributed by atoms with Crippen molar-refractivity contribution in [3.8, 4) is 23.5 Å². The van der Waals surface area contributed by atoms with Crippen molar-refractivity contribution in [1.82, 2.24) is 4.98 Å². The fraction of sp³-hybridized carbons (Fsp3) is 0.0769. The van der Waals surface area contributed by atoms with Crippen molar-refractivity contribution in [2.24, 2.45) is 0 Å². The highest BCUT2D eigenvalue weighted by Crippen LogP contribution is 2.40. The average molecular weight is 457 g/mol. The molecule has 1 aromatic heterocycles. The number of nitrogens with one attached hydrogen (secondary N) is 1. The molecule has 7 heteroatoms. The van der Waals surface area contributed by atoms with Gasteiger partial charge in [-0.25, -0.2) is 12.7 Å². The van der Waals surface area contributed by atoms with Gasteiger partial charge in [-0.05, 0) is 11.6 Å². The van der Waals surface area contributed by atoms with Gasteiger partial charge in [-0.3, -0.25) is 9.59 Å². The van der Waals surface area contributed by atoms with E-state index in [9.17, 15) is 18.0 Å². The second-order valence-electron chi connectivity index (χ2n) is 7.44. The normalized spacial score (nSPS) is 11.2. The number of carbonyl (C=O) groups is 2. The number of carbonyl (C=O) groups excluding carboxylic acids is 2. The zero-order chi connectivity index (χ0) is 23.6. The molecule has 0 aliphatic carbocycles. The van der Waals surface area contributed by atoms with E-state index in [1.165, 1.54) is 0 Å². The monoisotopic (exact) mass is 456 g/mol. The van der Waals surface area contributed by atoms with Crippen LogP contribution in [-0.2, 0) is 10.0 Å². The Morgan fingerprint density at radius 1 is 0.909 bits per heavy atom. The highest BCUT2D eigenvalue weighted by atomic mass is 32.2. The van der Waals surface area contributed by atoms with Gasteiger partial charge in [0.2, 0.25) is 21.6 Å². The lowest BCUT2D eigenvalue weighted by molar-refractivity contribution is 0.0818. The number of hydrogen-bond acceptors (Lipinski definition) is 4. The summed E-state index contributed by atoms with van der Waals surface area (Å²) < 4.78 is 26.3. The number of hydrogen-bond donors (Lipinski definition) is 1. The maximum atomic E-state index is 13.2. The van der Waals surface area contributed by atoms with Crippen LogP contribution in [0.4, 0.5) is 5.82 Å². The van der Waals surface area contributed by atoms with Gasteiger partial charge in [0.15, 0.2) is 0 Å². The third-order valence-corrected chi connectivity index (χ3v) is 6.36. The predicted molar refractivity (Wildman–Crippen MR) is 130 cm³/mol. The first-order valence-corrected chi connectivity index (χ1v) is 11.9. The summed E-state index contributed by atoms with van der Waals surface area (Å²) in [6, 6.07) is 22.5. The maximum absolute atomic E-state index is 13.2. The molecule has 1 N–H and O–H groups in total. The van der Waals surface area contributed by atoms with E-state index in [4.69, 9.17) is 6.42 Å². The summed E-state index contributed by atoms with van der Waals surface area (Å²) in [6.45, 7) is -0.197. The number of sulfonamides is 1. The third kappa shape index (κ3) is 4.16. The Labute approximate surface area is 191 Å². The smallest absolute Gasteiger partial charge is 0.235 e. The van der Waals surface area contributed by atoms with Crippen LogP contribution >= 0.6 is 0 Å². The summed E-state index contributed by atoms with van der Waals surface area (Å²) in [7, 11) is -3.74. The molecule has 1 heterocycles. The van der Waals surface area contributed by atoms with Crippen molar-refractivity contribution >= 4 is 38.3 Å². The number of aromatic amines is 1. The molecular weight excluding hydrogens is 436 g/mol. The Balaban J connectivity index is 1.98. The molecule has 0 saturated heterocycles. The number of benzene rings is 3. The Hall–Kier alpha value is -4.15. The number of aromatic nitrogens is 1. The van der Waals surface area contributed by atoms with Crippen LogP contribution in [0.25, 0.3) is 22.0 Å². The zero-order valence-corrected chi connectivity index (χ0v) is 18.6. The van der Waals surface area contributed by atoms with Crippen molar-refractivity contribution < 1.29 is 18.0 Å². The summed E-state index contributed by atoms with van der Waals surface area (Å²) in [5.74, 6) is 1.28. The number of para-hydroxylation sites is 1. The molecular formula is C26H20N2O4S. The SMILES string of the molecule is C#CCN(c1[nH]c2c(C(=O)C(=O)c3ccccc3)cccc2c1-c1ccccc1)S(C)(=O)=O. The van der Waals surface area contributed by atoms with Gasteiger partial charge < -0.3 is 4.98 Å². The lowest BCUT2D eigenvalue weighted by Gasteiger charge is -2.20. The van der Waals surface area contributed by atoms with E-state index < -0.39 is 21.6 Å². The minimum absolute atomic E-state index is 0.152. The minimum atomic E-state index is -3.74. The van der Waals surface area contributed by atoms with E-state index in [1.807, 2.05) is 30.3 Å². The largest absolute Gasteiger partial charge is 0.339 e. The molecule has 0 amide bonds. The number of Topliss-reactive ketones (excluding diaryl/α,β-unsaturated/α-hetero) is 2. The highest BCUT2D eigenvalue weighted by Gasteiger charge is 2.28. The first-order chi connectivity index (χ1) is 15.8. The molecule has 164 valence electrons. The Morgan fingerprint density at radius 2 is 1.55 bits per heavy atom. The molecule has 0 radical (unpaired) electrons. The highest BCUT2D eigenvalue weighted by molar-refractivity contribution is 7.92. The number of nitrogens with zero attached hydrogens (tertiary/aromatic N) is 1. The van der Waals surface area contributed by atoms with E-state index >= 15 is 0 Å².